The van der Waals surface area contributed by atoms with E-state index in [4.69, 9.17) is 16.3 Å². The molecular weight excluding hydrogens is 316 g/mol. The Kier molecular flexibility index (Phi) is 5.38. The zero-order chi connectivity index (χ0) is 13.9. The van der Waals surface area contributed by atoms with Crippen molar-refractivity contribution in [2.24, 2.45) is 5.41 Å². The maximum atomic E-state index is 12.2. The lowest BCUT2D eigenvalue weighted by Gasteiger charge is -2.28. The van der Waals surface area contributed by atoms with Crippen molar-refractivity contribution in [3.63, 3.8) is 0 Å². The van der Waals surface area contributed by atoms with Crippen molar-refractivity contribution in [2.45, 2.75) is 33.3 Å². The lowest BCUT2D eigenvalue weighted by atomic mass is 9.84. The average molecular weight is 334 g/mol. The number of carbonyl (C=O) groups excluding carboxylic acids is 1. The molecule has 1 aromatic rings. The Balaban J connectivity index is 2.87. The monoisotopic (exact) mass is 332 g/mol. The van der Waals surface area contributed by atoms with Gasteiger partial charge >= 0.3 is 0 Å². The smallest absolute Gasteiger partial charge is 0.166 e. The van der Waals surface area contributed by atoms with Gasteiger partial charge in [-0.3, -0.25) is 4.79 Å². The number of hydrogen-bond acceptors (Lipinski definition) is 2. The molecule has 0 heterocycles. The zero-order valence-corrected chi connectivity index (χ0v) is 13.4. The van der Waals surface area contributed by atoms with E-state index in [1.54, 1.807) is 13.2 Å². The fraction of sp³-hybridized carbons (Fsp3) is 0.500. The van der Waals surface area contributed by atoms with Gasteiger partial charge in [0.05, 0.1) is 0 Å². The quantitative estimate of drug-likeness (QED) is 0.822. The predicted octanol–water partition coefficient (Wildman–Crippen LogP) is 4.28. The first-order valence-corrected chi connectivity index (χ1v) is 6.92. The van der Waals surface area contributed by atoms with E-state index in [-0.39, 0.29) is 11.2 Å². The molecule has 100 valence electrons. The van der Waals surface area contributed by atoms with Crippen LogP contribution in [0.15, 0.2) is 22.7 Å². The highest BCUT2D eigenvalue weighted by Gasteiger charge is 2.31. The highest BCUT2D eigenvalue weighted by atomic mass is 79.9. The van der Waals surface area contributed by atoms with Gasteiger partial charge in [-0.15, -0.1) is 0 Å². The first-order chi connectivity index (χ1) is 8.25. The van der Waals surface area contributed by atoms with E-state index in [0.717, 1.165) is 10.0 Å². The molecule has 0 saturated carbocycles. The molecule has 18 heavy (non-hydrogen) atoms. The van der Waals surface area contributed by atoms with E-state index in [9.17, 15) is 4.79 Å². The second-order valence-corrected chi connectivity index (χ2v) is 6.68. The van der Waals surface area contributed by atoms with Gasteiger partial charge in [-0.1, -0.05) is 54.4 Å². The largest absolute Gasteiger partial charge is 0.373 e. The Bertz CT molecular complexity index is 438. The molecule has 0 aliphatic carbocycles. The number of ether oxygens (including phenoxy) is 1. The summed E-state index contributed by atoms with van der Waals surface area (Å²) < 4.78 is 6.22. The number of rotatable bonds is 4. The minimum atomic E-state index is -0.419. The SMILES string of the molecule is COC(C(=O)Cc1ccc(Br)cc1Cl)C(C)(C)C. The fourth-order valence-corrected chi connectivity index (χ4v) is 2.65. The van der Waals surface area contributed by atoms with E-state index < -0.39 is 6.10 Å². The first kappa shape index (κ1) is 15.7. The molecule has 0 aromatic heterocycles. The number of Topliss-reactive ketones (excluding diaryl/α,β-unsaturated/α-hetero) is 1. The topological polar surface area (TPSA) is 26.3 Å². The number of hydrogen-bond donors (Lipinski definition) is 0. The van der Waals surface area contributed by atoms with Crippen LogP contribution in [0.4, 0.5) is 0 Å². The molecule has 1 aromatic carbocycles. The second-order valence-electron chi connectivity index (χ2n) is 5.36. The molecule has 0 amide bonds. The van der Waals surface area contributed by atoms with Gasteiger partial charge in [0.1, 0.15) is 6.10 Å². The number of halogens is 2. The van der Waals surface area contributed by atoms with Crippen molar-refractivity contribution in [3.8, 4) is 0 Å². The van der Waals surface area contributed by atoms with E-state index in [1.165, 1.54) is 0 Å². The van der Waals surface area contributed by atoms with Gasteiger partial charge in [-0.25, -0.2) is 0 Å². The van der Waals surface area contributed by atoms with Crippen LogP contribution in [-0.4, -0.2) is 19.0 Å². The summed E-state index contributed by atoms with van der Waals surface area (Å²) in [6.07, 6.45) is -0.126. The standard InChI is InChI=1S/C14H18BrClO2/c1-14(2,3)13(18-4)12(17)7-9-5-6-10(15)8-11(9)16/h5-6,8,13H,7H2,1-4H3. The highest BCUT2D eigenvalue weighted by molar-refractivity contribution is 9.10. The van der Waals surface area contributed by atoms with Crippen LogP contribution in [-0.2, 0) is 16.0 Å². The minimum absolute atomic E-state index is 0.0502. The normalized spacial score (nSPS) is 13.4. The molecule has 0 aliphatic heterocycles. The number of methoxy groups -OCH3 is 1. The summed E-state index contributed by atoms with van der Waals surface area (Å²) in [6.45, 7) is 5.97. The van der Waals surface area contributed by atoms with Crippen LogP contribution in [0, 0.1) is 5.41 Å². The van der Waals surface area contributed by atoms with Crippen molar-refractivity contribution in [2.75, 3.05) is 7.11 Å². The fourth-order valence-electron chi connectivity index (χ4n) is 1.91. The maximum Gasteiger partial charge on any atom is 0.166 e. The molecule has 1 rings (SSSR count). The summed E-state index contributed by atoms with van der Waals surface area (Å²) in [7, 11) is 1.57. The molecule has 2 nitrogen and oxygen atoms in total. The Morgan fingerprint density at radius 3 is 2.50 bits per heavy atom. The van der Waals surface area contributed by atoms with Gasteiger partial charge < -0.3 is 4.74 Å². The molecule has 0 bridgehead atoms. The summed E-state index contributed by atoms with van der Waals surface area (Å²) in [4.78, 5) is 12.2. The van der Waals surface area contributed by atoms with Crippen LogP contribution >= 0.6 is 27.5 Å². The third-order valence-electron chi connectivity index (χ3n) is 2.69. The molecule has 0 aliphatic rings. The van der Waals surface area contributed by atoms with E-state index in [1.807, 2.05) is 32.9 Å². The number of carbonyl (C=O) groups is 1. The maximum absolute atomic E-state index is 12.2. The summed E-state index contributed by atoms with van der Waals surface area (Å²) in [5.41, 5.74) is 0.615. The number of ketones is 1. The zero-order valence-electron chi connectivity index (χ0n) is 11.1. The lowest BCUT2D eigenvalue weighted by molar-refractivity contribution is -0.134. The number of benzene rings is 1. The minimum Gasteiger partial charge on any atom is -0.373 e. The molecule has 1 atom stereocenters. The average Bonchev–Trinajstić information content (AvgIpc) is 2.21. The predicted molar refractivity (Wildman–Crippen MR) is 78.1 cm³/mol. The molecule has 0 saturated heterocycles. The third kappa shape index (κ3) is 4.08. The van der Waals surface area contributed by atoms with Gasteiger partial charge in [-0.05, 0) is 23.1 Å². The highest BCUT2D eigenvalue weighted by Crippen LogP contribution is 2.26. The summed E-state index contributed by atoms with van der Waals surface area (Å²) >= 11 is 9.46. The molecule has 0 radical (unpaired) electrons. The Morgan fingerprint density at radius 2 is 2.06 bits per heavy atom. The summed E-state index contributed by atoms with van der Waals surface area (Å²) in [6, 6.07) is 5.54. The molecule has 0 N–H and O–H groups in total. The second kappa shape index (κ2) is 6.18. The van der Waals surface area contributed by atoms with Gasteiger partial charge in [-0.2, -0.15) is 0 Å². The van der Waals surface area contributed by atoms with Crippen molar-refractivity contribution in [1.29, 1.82) is 0 Å². The van der Waals surface area contributed by atoms with Crippen LogP contribution in [0.1, 0.15) is 26.3 Å². The first-order valence-electron chi connectivity index (χ1n) is 5.75. The Morgan fingerprint density at radius 1 is 1.44 bits per heavy atom. The van der Waals surface area contributed by atoms with E-state index in [2.05, 4.69) is 15.9 Å². The molecule has 1 unspecified atom stereocenters. The van der Waals surface area contributed by atoms with Crippen LogP contribution < -0.4 is 0 Å². The molecule has 0 spiro atoms. The van der Waals surface area contributed by atoms with Crippen molar-refractivity contribution in [3.05, 3.63) is 33.3 Å². The molecule has 0 fully saturated rings. The van der Waals surface area contributed by atoms with Crippen molar-refractivity contribution < 1.29 is 9.53 Å². The van der Waals surface area contributed by atoms with Crippen molar-refractivity contribution >= 4 is 33.3 Å². The lowest BCUT2D eigenvalue weighted by Crippen LogP contribution is -2.37. The summed E-state index contributed by atoms with van der Waals surface area (Å²) in [5, 5.41) is 0.599. The summed E-state index contributed by atoms with van der Waals surface area (Å²) in [5.74, 6) is 0.0502. The Labute approximate surface area is 122 Å². The van der Waals surface area contributed by atoms with Gasteiger partial charge in [0, 0.05) is 23.0 Å². The van der Waals surface area contributed by atoms with E-state index >= 15 is 0 Å². The van der Waals surface area contributed by atoms with Gasteiger partial charge in [0.2, 0.25) is 0 Å². The van der Waals surface area contributed by atoms with Gasteiger partial charge in [0.25, 0.3) is 0 Å². The van der Waals surface area contributed by atoms with Crippen LogP contribution in [0.25, 0.3) is 0 Å². The van der Waals surface area contributed by atoms with Crippen molar-refractivity contribution in [1.82, 2.24) is 0 Å². The Hall–Kier alpha value is -0.380. The molecular formula is C14H18BrClO2. The van der Waals surface area contributed by atoms with E-state index in [0.29, 0.717) is 11.4 Å². The third-order valence-corrected chi connectivity index (χ3v) is 3.54. The van der Waals surface area contributed by atoms with Crippen LogP contribution in [0.3, 0.4) is 0 Å². The van der Waals surface area contributed by atoms with Crippen LogP contribution in [0.5, 0.6) is 0 Å². The van der Waals surface area contributed by atoms with Gasteiger partial charge in [0.15, 0.2) is 5.78 Å². The van der Waals surface area contributed by atoms with Crippen LogP contribution in [0.2, 0.25) is 5.02 Å². The molecule has 4 heteroatoms.